The van der Waals surface area contributed by atoms with Crippen LogP contribution in [0, 0.1) is 6.92 Å². The van der Waals surface area contributed by atoms with E-state index in [0.29, 0.717) is 12.1 Å². The second kappa shape index (κ2) is 7.00. The Kier molecular flexibility index (Phi) is 5.61. The second-order valence-corrected chi connectivity index (χ2v) is 4.27. The van der Waals surface area contributed by atoms with Crippen molar-refractivity contribution < 1.29 is 4.79 Å². The van der Waals surface area contributed by atoms with Crippen LogP contribution in [0.25, 0.3) is 0 Å². The Morgan fingerprint density at radius 1 is 1.24 bits per heavy atom. The van der Waals surface area contributed by atoms with Gasteiger partial charge in [-0.1, -0.05) is 44.0 Å². The fourth-order valence-corrected chi connectivity index (χ4v) is 1.89. The number of nitrogens with zero attached hydrogens (tertiary/aromatic N) is 1. The van der Waals surface area contributed by atoms with Gasteiger partial charge in [0.2, 0.25) is 0 Å². The van der Waals surface area contributed by atoms with Crippen molar-refractivity contribution in [1.29, 1.82) is 0 Å². The molecule has 1 aromatic carbocycles. The summed E-state index contributed by atoms with van der Waals surface area (Å²) in [6.45, 7) is 4.15. The molecule has 2 nitrogen and oxygen atoms in total. The van der Waals surface area contributed by atoms with Gasteiger partial charge in [0.15, 0.2) is 5.78 Å². The van der Waals surface area contributed by atoms with E-state index in [1.54, 1.807) is 7.05 Å². The molecule has 0 unspecified atom stereocenters. The van der Waals surface area contributed by atoms with Crippen LogP contribution in [-0.4, -0.2) is 18.5 Å². The molecule has 0 saturated carbocycles. The lowest BCUT2D eigenvalue weighted by atomic mass is 9.98. The highest BCUT2D eigenvalue weighted by molar-refractivity contribution is 6.46. The minimum atomic E-state index is 0.162. The van der Waals surface area contributed by atoms with Crippen LogP contribution in [0.1, 0.15) is 43.7 Å². The largest absolute Gasteiger partial charge is 0.292 e. The molecule has 17 heavy (non-hydrogen) atoms. The van der Waals surface area contributed by atoms with Crippen LogP contribution in [0.5, 0.6) is 0 Å². The summed E-state index contributed by atoms with van der Waals surface area (Å²) in [5, 5.41) is 0. The molecule has 0 radical (unpaired) electrons. The third-order valence-electron chi connectivity index (χ3n) is 2.90. The first-order valence-corrected chi connectivity index (χ1v) is 6.26. The van der Waals surface area contributed by atoms with Crippen LogP contribution in [0.2, 0.25) is 0 Å². The zero-order valence-electron chi connectivity index (χ0n) is 11.0. The van der Waals surface area contributed by atoms with E-state index in [-0.39, 0.29) is 5.78 Å². The van der Waals surface area contributed by atoms with Gasteiger partial charge in [0, 0.05) is 19.0 Å². The lowest BCUT2D eigenvalue weighted by Crippen LogP contribution is -2.16. The van der Waals surface area contributed by atoms with Crippen molar-refractivity contribution in [2.24, 2.45) is 4.99 Å². The molecule has 0 saturated heterocycles. The third-order valence-corrected chi connectivity index (χ3v) is 2.90. The number of carbonyl (C=O) groups is 1. The normalized spacial score (nSPS) is 11.6. The van der Waals surface area contributed by atoms with Gasteiger partial charge in [-0.3, -0.25) is 9.79 Å². The predicted octanol–water partition coefficient (Wildman–Crippen LogP) is 3.56. The molecule has 0 aromatic heterocycles. The van der Waals surface area contributed by atoms with E-state index in [1.165, 1.54) is 0 Å². The second-order valence-electron chi connectivity index (χ2n) is 4.27. The van der Waals surface area contributed by atoms with E-state index in [1.807, 2.05) is 31.2 Å². The Morgan fingerprint density at radius 3 is 2.53 bits per heavy atom. The van der Waals surface area contributed by atoms with E-state index >= 15 is 0 Å². The van der Waals surface area contributed by atoms with Gasteiger partial charge in [-0.25, -0.2) is 0 Å². The third kappa shape index (κ3) is 3.81. The highest BCUT2D eigenvalue weighted by Gasteiger charge is 2.14. The number of carbonyl (C=O) groups excluding carboxylic acids is 1. The summed E-state index contributed by atoms with van der Waals surface area (Å²) in [6.07, 6.45) is 3.81. The molecule has 0 aliphatic heterocycles. The standard InChI is InChI=1S/C15H21NO/c1-4-5-6-11-14(17)15(16-3)13-10-8-7-9-12(13)2/h7-10H,4-6,11H2,1-3H3/b16-15+. The number of unbranched alkanes of at least 4 members (excludes halogenated alkanes) is 2. The zero-order valence-corrected chi connectivity index (χ0v) is 11.0. The van der Waals surface area contributed by atoms with Crippen LogP contribution in [-0.2, 0) is 4.79 Å². The quantitative estimate of drug-likeness (QED) is 0.543. The summed E-state index contributed by atoms with van der Waals surface area (Å²) in [5.41, 5.74) is 2.70. The average molecular weight is 231 g/mol. The van der Waals surface area contributed by atoms with Crippen molar-refractivity contribution in [3.63, 3.8) is 0 Å². The molecular formula is C15H21NO. The van der Waals surface area contributed by atoms with Gasteiger partial charge in [0.1, 0.15) is 5.71 Å². The summed E-state index contributed by atoms with van der Waals surface area (Å²) >= 11 is 0. The van der Waals surface area contributed by atoms with Crippen molar-refractivity contribution in [2.75, 3.05) is 7.05 Å². The Hall–Kier alpha value is -1.44. The first kappa shape index (κ1) is 13.6. The predicted molar refractivity (Wildman–Crippen MR) is 72.8 cm³/mol. The topological polar surface area (TPSA) is 29.4 Å². The van der Waals surface area contributed by atoms with E-state index in [4.69, 9.17) is 0 Å². The fourth-order valence-electron chi connectivity index (χ4n) is 1.89. The van der Waals surface area contributed by atoms with Gasteiger partial charge >= 0.3 is 0 Å². The van der Waals surface area contributed by atoms with Gasteiger partial charge < -0.3 is 0 Å². The molecule has 92 valence electrons. The summed E-state index contributed by atoms with van der Waals surface area (Å²) < 4.78 is 0. The monoisotopic (exact) mass is 231 g/mol. The van der Waals surface area contributed by atoms with Crippen molar-refractivity contribution >= 4 is 11.5 Å². The summed E-state index contributed by atoms with van der Waals surface area (Å²) in [4.78, 5) is 16.2. The lowest BCUT2D eigenvalue weighted by molar-refractivity contribution is -0.113. The summed E-state index contributed by atoms with van der Waals surface area (Å²) in [6, 6.07) is 7.91. The van der Waals surface area contributed by atoms with Crippen LogP contribution in [0.4, 0.5) is 0 Å². The van der Waals surface area contributed by atoms with Crippen molar-refractivity contribution in [3.8, 4) is 0 Å². The first-order valence-electron chi connectivity index (χ1n) is 6.26. The Labute approximate surface area is 104 Å². The number of Topliss-reactive ketones (excluding diaryl/α,β-unsaturated/α-hetero) is 1. The van der Waals surface area contributed by atoms with Gasteiger partial charge in [-0.15, -0.1) is 0 Å². The van der Waals surface area contributed by atoms with Crippen LogP contribution in [0.3, 0.4) is 0 Å². The Balaban J connectivity index is 2.79. The number of rotatable bonds is 6. The van der Waals surface area contributed by atoms with E-state index in [2.05, 4.69) is 11.9 Å². The maximum atomic E-state index is 12.1. The molecule has 0 aliphatic rings. The zero-order chi connectivity index (χ0) is 12.7. The molecule has 2 heteroatoms. The SMILES string of the molecule is CCCCCC(=O)/C(=N/C)c1ccccc1C. The first-order chi connectivity index (χ1) is 8.20. The number of ketones is 1. The number of hydrogen-bond donors (Lipinski definition) is 0. The van der Waals surface area contributed by atoms with Gasteiger partial charge in [0.25, 0.3) is 0 Å². The van der Waals surface area contributed by atoms with E-state index < -0.39 is 0 Å². The molecule has 0 amide bonds. The number of aryl methyl sites for hydroxylation is 1. The fraction of sp³-hybridized carbons (Fsp3) is 0.467. The highest BCUT2D eigenvalue weighted by atomic mass is 16.1. The average Bonchev–Trinajstić information content (AvgIpc) is 2.33. The molecule has 0 spiro atoms. The molecule has 0 fully saturated rings. The lowest BCUT2D eigenvalue weighted by Gasteiger charge is -2.07. The molecule has 0 aliphatic carbocycles. The highest BCUT2D eigenvalue weighted by Crippen LogP contribution is 2.11. The Bertz CT molecular complexity index is 407. The molecular weight excluding hydrogens is 210 g/mol. The molecule has 0 atom stereocenters. The molecule has 0 N–H and O–H groups in total. The smallest absolute Gasteiger partial charge is 0.181 e. The number of benzene rings is 1. The van der Waals surface area contributed by atoms with E-state index in [0.717, 1.165) is 30.4 Å². The van der Waals surface area contributed by atoms with Crippen LogP contribution in [0.15, 0.2) is 29.3 Å². The van der Waals surface area contributed by atoms with Crippen molar-refractivity contribution in [3.05, 3.63) is 35.4 Å². The van der Waals surface area contributed by atoms with Crippen LogP contribution < -0.4 is 0 Å². The summed E-state index contributed by atoms with van der Waals surface area (Å²) in [5.74, 6) is 0.162. The van der Waals surface area contributed by atoms with Gasteiger partial charge in [-0.2, -0.15) is 0 Å². The Morgan fingerprint density at radius 2 is 1.94 bits per heavy atom. The molecule has 1 rings (SSSR count). The molecule has 0 heterocycles. The number of hydrogen-bond acceptors (Lipinski definition) is 2. The minimum Gasteiger partial charge on any atom is -0.292 e. The number of aliphatic imine (C=N–C) groups is 1. The molecule has 1 aromatic rings. The summed E-state index contributed by atoms with van der Waals surface area (Å²) in [7, 11) is 1.69. The van der Waals surface area contributed by atoms with Crippen LogP contribution >= 0.6 is 0 Å². The van der Waals surface area contributed by atoms with Gasteiger partial charge in [0.05, 0.1) is 0 Å². The van der Waals surface area contributed by atoms with Crippen molar-refractivity contribution in [2.45, 2.75) is 39.5 Å². The molecule has 0 bridgehead atoms. The maximum Gasteiger partial charge on any atom is 0.181 e. The van der Waals surface area contributed by atoms with E-state index in [9.17, 15) is 4.79 Å². The minimum absolute atomic E-state index is 0.162. The van der Waals surface area contributed by atoms with Crippen molar-refractivity contribution in [1.82, 2.24) is 0 Å². The maximum absolute atomic E-state index is 12.1. The van der Waals surface area contributed by atoms with Gasteiger partial charge in [-0.05, 0) is 18.9 Å².